The number of benzene rings is 2. The van der Waals surface area contributed by atoms with Gasteiger partial charge >= 0.3 is 0 Å². The number of amides is 1. The van der Waals surface area contributed by atoms with Crippen LogP contribution in [0.1, 0.15) is 10.4 Å². The lowest BCUT2D eigenvalue weighted by molar-refractivity contribution is 0.100. The molecule has 1 aliphatic rings. The SMILES string of the molecule is CN(C)CCN(C)c1cc(-c2cc3c4c(c2)ncn4CCO3)c2nc[nH]c2c1C(N)=O. The van der Waals surface area contributed by atoms with Crippen molar-refractivity contribution in [1.82, 2.24) is 24.4 Å². The van der Waals surface area contributed by atoms with Crippen LogP contribution < -0.4 is 15.4 Å². The molecule has 0 unspecified atom stereocenters. The molecule has 1 aliphatic heterocycles. The van der Waals surface area contributed by atoms with Crippen LogP contribution in [0.2, 0.25) is 0 Å². The molecule has 1 amide bonds. The van der Waals surface area contributed by atoms with E-state index in [1.807, 2.05) is 45.7 Å². The number of nitrogens with two attached hydrogens (primary N) is 1. The number of rotatable bonds is 6. The van der Waals surface area contributed by atoms with Crippen LogP contribution >= 0.6 is 0 Å². The lowest BCUT2D eigenvalue weighted by Crippen LogP contribution is -2.30. The highest BCUT2D eigenvalue weighted by Gasteiger charge is 2.23. The smallest absolute Gasteiger partial charge is 0.253 e. The Kier molecular flexibility index (Phi) is 4.55. The number of carbonyl (C=O) groups is 1. The van der Waals surface area contributed by atoms with E-state index in [2.05, 4.69) is 29.3 Å². The number of primary amides is 1. The first-order valence-corrected chi connectivity index (χ1v) is 10.2. The monoisotopic (exact) mass is 419 g/mol. The Hall–Kier alpha value is -3.59. The number of aromatic nitrogens is 4. The van der Waals surface area contributed by atoms with Crippen LogP contribution in [-0.4, -0.2) is 71.2 Å². The number of ether oxygens (including phenoxy) is 1. The third kappa shape index (κ3) is 3.17. The Morgan fingerprint density at radius 2 is 2.06 bits per heavy atom. The summed E-state index contributed by atoms with van der Waals surface area (Å²) >= 11 is 0. The second-order valence-electron chi connectivity index (χ2n) is 8.16. The summed E-state index contributed by atoms with van der Waals surface area (Å²) in [5.74, 6) is 0.321. The standard InChI is InChI=1S/C22H25N7O2/c1-27(2)4-5-28(3)16-10-14(19-20(25-11-24-19)18(16)22(23)30)13-8-15-21-17(9-13)31-7-6-29(21)12-26-15/h8-12H,4-7H2,1-3H3,(H2,23,30)(H,24,25). The molecule has 3 heterocycles. The van der Waals surface area contributed by atoms with Crippen molar-refractivity contribution in [1.29, 1.82) is 0 Å². The predicted molar refractivity (Wildman–Crippen MR) is 121 cm³/mol. The Labute approximate surface area is 179 Å². The van der Waals surface area contributed by atoms with Crippen molar-refractivity contribution in [3.8, 4) is 16.9 Å². The van der Waals surface area contributed by atoms with Gasteiger partial charge in [0.05, 0.1) is 47.0 Å². The fourth-order valence-electron chi connectivity index (χ4n) is 4.19. The molecule has 0 fully saturated rings. The molecule has 2 aromatic heterocycles. The number of aromatic amines is 1. The lowest BCUT2D eigenvalue weighted by Gasteiger charge is -2.25. The second-order valence-corrected chi connectivity index (χ2v) is 8.16. The van der Waals surface area contributed by atoms with Gasteiger partial charge in [-0.05, 0) is 37.9 Å². The van der Waals surface area contributed by atoms with E-state index in [4.69, 9.17) is 10.5 Å². The van der Waals surface area contributed by atoms with Crippen LogP contribution in [0.4, 0.5) is 5.69 Å². The summed E-state index contributed by atoms with van der Waals surface area (Å²) in [4.78, 5) is 28.8. The third-order valence-corrected chi connectivity index (χ3v) is 5.80. The average molecular weight is 419 g/mol. The van der Waals surface area contributed by atoms with Crippen molar-refractivity contribution < 1.29 is 9.53 Å². The van der Waals surface area contributed by atoms with Gasteiger partial charge in [0.25, 0.3) is 5.91 Å². The van der Waals surface area contributed by atoms with Gasteiger partial charge < -0.3 is 29.8 Å². The number of hydrogen-bond acceptors (Lipinski definition) is 6. The number of fused-ring (bicyclic) bond motifs is 1. The van der Waals surface area contributed by atoms with Crippen LogP contribution in [0.15, 0.2) is 30.9 Å². The number of imidazole rings is 2. The van der Waals surface area contributed by atoms with E-state index in [1.54, 1.807) is 6.33 Å². The van der Waals surface area contributed by atoms with Crippen LogP contribution in [0.25, 0.3) is 33.2 Å². The molecule has 3 N–H and O–H groups in total. The van der Waals surface area contributed by atoms with Crippen molar-refractivity contribution in [2.45, 2.75) is 6.54 Å². The van der Waals surface area contributed by atoms with Gasteiger partial charge in [-0.25, -0.2) is 9.97 Å². The minimum Gasteiger partial charge on any atom is -0.489 e. The highest BCUT2D eigenvalue weighted by Crippen LogP contribution is 2.39. The Balaban J connectivity index is 1.73. The average Bonchev–Trinajstić information content (AvgIpc) is 3.39. The van der Waals surface area contributed by atoms with E-state index in [9.17, 15) is 4.79 Å². The predicted octanol–water partition coefficient (Wildman–Crippen LogP) is 2.07. The first-order chi connectivity index (χ1) is 14.9. The maximum atomic E-state index is 12.4. The molecule has 4 aromatic rings. The maximum Gasteiger partial charge on any atom is 0.253 e. The van der Waals surface area contributed by atoms with E-state index >= 15 is 0 Å². The second kappa shape index (κ2) is 7.28. The highest BCUT2D eigenvalue weighted by atomic mass is 16.5. The highest BCUT2D eigenvalue weighted by molar-refractivity contribution is 6.13. The van der Waals surface area contributed by atoms with Gasteiger partial charge in [-0.3, -0.25) is 4.79 Å². The summed E-state index contributed by atoms with van der Waals surface area (Å²) in [6.07, 6.45) is 3.44. The number of likely N-dealkylation sites (N-methyl/N-ethyl adjacent to an activating group) is 2. The molecule has 0 bridgehead atoms. The molecular weight excluding hydrogens is 394 g/mol. The third-order valence-electron chi connectivity index (χ3n) is 5.80. The molecule has 0 spiro atoms. The minimum atomic E-state index is -0.486. The van der Waals surface area contributed by atoms with Gasteiger partial charge in [0.2, 0.25) is 0 Å². The fraction of sp³-hybridized carbons (Fsp3) is 0.318. The Morgan fingerprint density at radius 1 is 1.23 bits per heavy atom. The summed E-state index contributed by atoms with van der Waals surface area (Å²) in [6, 6.07) is 6.06. The molecule has 0 aliphatic carbocycles. The molecule has 9 heteroatoms. The zero-order valence-corrected chi connectivity index (χ0v) is 17.8. The summed E-state index contributed by atoms with van der Waals surface area (Å²) in [5, 5.41) is 0. The van der Waals surface area contributed by atoms with Crippen molar-refractivity contribution >= 4 is 33.7 Å². The van der Waals surface area contributed by atoms with Crippen LogP contribution in [0, 0.1) is 0 Å². The number of hydrogen-bond donors (Lipinski definition) is 2. The summed E-state index contributed by atoms with van der Waals surface area (Å²) in [7, 11) is 6.01. The molecule has 0 radical (unpaired) electrons. The van der Waals surface area contributed by atoms with Crippen LogP contribution in [0.3, 0.4) is 0 Å². The molecule has 5 rings (SSSR count). The van der Waals surface area contributed by atoms with Crippen LogP contribution in [0.5, 0.6) is 5.75 Å². The summed E-state index contributed by atoms with van der Waals surface area (Å²) in [5.41, 5.74) is 12.0. The van der Waals surface area contributed by atoms with Crippen molar-refractivity contribution in [3.63, 3.8) is 0 Å². The van der Waals surface area contributed by atoms with Gasteiger partial charge in [0.1, 0.15) is 17.9 Å². The molecular formula is C22H25N7O2. The van der Waals surface area contributed by atoms with Gasteiger partial charge in [0, 0.05) is 25.7 Å². The van der Waals surface area contributed by atoms with Gasteiger partial charge in [0.15, 0.2) is 0 Å². The maximum absolute atomic E-state index is 12.4. The number of H-pyrrole nitrogens is 1. The number of carbonyl (C=O) groups excluding carboxylic acids is 1. The zero-order valence-electron chi connectivity index (χ0n) is 17.8. The van der Waals surface area contributed by atoms with Crippen molar-refractivity contribution in [3.05, 3.63) is 36.4 Å². The zero-order chi connectivity index (χ0) is 21.7. The normalized spacial score (nSPS) is 13.2. The number of anilines is 1. The first-order valence-electron chi connectivity index (χ1n) is 10.2. The number of nitrogens with zero attached hydrogens (tertiary/aromatic N) is 5. The quantitative estimate of drug-likeness (QED) is 0.496. The molecule has 160 valence electrons. The summed E-state index contributed by atoms with van der Waals surface area (Å²) < 4.78 is 8.04. The summed E-state index contributed by atoms with van der Waals surface area (Å²) in [6.45, 7) is 2.98. The lowest BCUT2D eigenvalue weighted by atomic mass is 9.98. The molecule has 0 saturated heterocycles. The Bertz CT molecular complexity index is 1300. The molecule has 9 nitrogen and oxygen atoms in total. The largest absolute Gasteiger partial charge is 0.489 e. The van der Waals surface area contributed by atoms with Crippen molar-refractivity contribution in [2.24, 2.45) is 5.73 Å². The number of nitrogens with one attached hydrogen (secondary N) is 1. The topological polar surface area (TPSA) is 105 Å². The minimum absolute atomic E-state index is 0.445. The molecule has 2 aromatic carbocycles. The van der Waals surface area contributed by atoms with Crippen LogP contribution in [-0.2, 0) is 6.54 Å². The molecule has 0 atom stereocenters. The van der Waals surface area contributed by atoms with E-state index in [1.165, 1.54) is 0 Å². The molecule has 31 heavy (non-hydrogen) atoms. The van der Waals surface area contributed by atoms with E-state index < -0.39 is 5.91 Å². The van der Waals surface area contributed by atoms with Gasteiger partial charge in [-0.15, -0.1) is 0 Å². The van der Waals surface area contributed by atoms with E-state index in [0.717, 1.165) is 53.2 Å². The van der Waals surface area contributed by atoms with Crippen molar-refractivity contribution in [2.75, 3.05) is 45.7 Å². The first kappa shape index (κ1) is 19.4. The van der Waals surface area contributed by atoms with E-state index in [-0.39, 0.29) is 0 Å². The van der Waals surface area contributed by atoms with Gasteiger partial charge in [-0.2, -0.15) is 0 Å². The van der Waals surface area contributed by atoms with E-state index in [0.29, 0.717) is 23.2 Å². The molecule has 0 saturated carbocycles. The fourth-order valence-corrected chi connectivity index (χ4v) is 4.19. The van der Waals surface area contributed by atoms with Gasteiger partial charge in [-0.1, -0.05) is 0 Å². The Morgan fingerprint density at radius 3 is 2.84 bits per heavy atom.